The summed E-state index contributed by atoms with van der Waals surface area (Å²) >= 11 is 1.63. The minimum atomic E-state index is -0.184. The Morgan fingerprint density at radius 2 is 2.14 bits per heavy atom. The van der Waals surface area contributed by atoms with Crippen LogP contribution in [0.5, 0.6) is 11.5 Å². The molecule has 1 aliphatic heterocycles. The third-order valence-corrected chi connectivity index (χ3v) is 5.71. The highest BCUT2D eigenvalue weighted by Gasteiger charge is 2.26. The predicted molar refractivity (Wildman–Crippen MR) is 110 cm³/mol. The summed E-state index contributed by atoms with van der Waals surface area (Å²) < 4.78 is 11.0. The monoisotopic (exact) mass is 394 g/mol. The molecule has 1 aromatic heterocycles. The third kappa shape index (κ3) is 4.17. The van der Waals surface area contributed by atoms with E-state index in [1.165, 1.54) is 0 Å². The quantitative estimate of drug-likeness (QED) is 0.692. The molecule has 1 atom stereocenters. The van der Waals surface area contributed by atoms with Crippen LogP contribution in [-0.2, 0) is 17.6 Å². The molecule has 1 N–H and O–H groups in total. The summed E-state index contributed by atoms with van der Waals surface area (Å²) in [6.45, 7) is 0.975. The third-order valence-electron chi connectivity index (χ3n) is 4.80. The van der Waals surface area contributed by atoms with Crippen molar-refractivity contribution < 1.29 is 14.3 Å². The lowest BCUT2D eigenvalue weighted by Crippen LogP contribution is -2.38. The number of hydrogen-bond donors (Lipinski definition) is 1. The topological polar surface area (TPSA) is 60.5 Å². The van der Waals surface area contributed by atoms with Crippen LogP contribution in [0.3, 0.4) is 0 Å². The van der Waals surface area contributed by atoms with Crippen molar-refractivity contribution in [2.75, 3.05) is 20.3 Å². The van der Waals surface area contributed by atoms with Crippen molar-refractivity contribution in [1.82, 2.24) is 10.3 Å². The SMILES string of the molecule is COc1ccc2c(c1)C[C@H](C(=O)NCCc1nc(-c3ccccc3)cs1)CO2. The van der Waals surface area contributed by atoms with Gasteiger partial charge in [-0.3, -0.25) is 4.79 Å². The van der Waals surface area contributed by atoms with E-state index in [2.05, 4.69) is 27.8 Å². The maximum atomic E-state index is 12.5. The highest BCUT2D eigenvalue weighted by atomic mass is 32.1. The number of aromatic nitrogens is 1. The van der Waals surface area contributed by atoms with Crippen LogP contribution in [0.2, 0.25) is 0 Å². The first-order valence-electron chi connectivity index (χ1n) is 9.30. The van der Waals surface area contributed by atoms with Gasteiger partial charge in [-0.2, -0.15) is 0 Å². The fourth-order valence-electron chi connectivity index (χ4n) is 3.27. The van der Waals surface area contributed by atoms with E-state index in [9.17, 15) is 4.79 Å². The van der Waals surface area contributed by atoms with E-state index in [1.54, 1.807) is 18.4 Å². The number of amides is 1. The summed E-state index contributed by atoms with van der Waals surface area (Å²) in [4.78, 5) is 17.2. The molecule has 0 bridgehead atoms. The van der Waals surface area contributed by atoms with Gasteiger partial charge >= 0.3 is 0 Å². The van der Waals surface area contributed by atoms with Crippen LogP contribution in [-0.4, -0.2) is 31.2 Å². The Balaban J connectivity index is 1.30. The molecular weight excluding hydrogens is 372 g/mol. The van der Waals surface area contributed by atoms with E-state index in [0.29, 0.717) is 19.6 Å². The van der Waals surface area contributed by atoms with Gasteiger partial charge in [-0.05, 0) is 30.2 Å². The van der Waals surface area contributed by atoms with Gasteiger partial charge in [0.2, 0.25) is 5.91 Å². The molecule has 0 fully saturated rings. The van der Waals surface area contributed by atoms with Crippen LogP contribution in [0.4, 0.5) is 0 Å². The standard InChI is InChI=1S/C22H22N2O3S/c1-26-18-7-8-20-16(12-18)11-17(13-27-20)22(25)23-10-9-21-24-19(14-28-21)15-5-3-2-4-6-15/h2-8,12,14,17H,9-11,13H2,1H3,(H,23,25)/t17-/m0/s1. The van der Waals surface area contributed by atoms with Crippen molar-refractivity contribution >= 4 is 17.2 Å². The number of hydrogen-bond acceptors (Lipinski definition) is 5. The van der Waals surface area contributed by atoms with Crippen LogP contribution in [0.15, 0.2) is 53.9 Å². The lowest BCUT2D eigenvalue weighted by Gasteiger charge is -2.25. The van der Waals surface area contributed by atoms with E-state index in [4.69, 9.17) is 9.47 Å². The molecule has 0 saturated heterocycles. The van der Waals surface area contributed by atoms with Gasteiger partial charge in [0.15, 0.2) is 0 Å². The van der Waals surface area contributed by atoms with E-state index < -0.39 is 0 Å². The van der Waals surface area contributed by atoms with Crippen molar-refractivity contribution in [2.24, 2.45) is 5.92 Å². The molecule has 5 nitrogen and oxygen atoms in total. The molecule has 0 spiro atoms. The molecule has 0 radical (unpaired) electrons. The predicted octanol–water partition coefficient (Wildman–Crippen LogP) is 3.73. The Morgan fingerprint density at radius 3 is 2.96 bits per heavy atom. The molecule has 4 rings (SSSR count). The van der Waals surface area contributed by atoms with E-state index >= 15 is 0 Å². The first-order valence-corrected chi connectivity index (χ1v) is 10.2. The maximum Gasteiger partial charge on any atom is 0.226 e. The zero-order chi connectivity index (χ0) is 19.3. The van der Waals surface area contributed by atoms with Crippen molar-refractivity contribution in [3.63, 3.8) is 0 Å². The minimum Gasteiger partial charge on any atom is -0.497 e. The lowest BCUT2D eigenvalue weighted by atomic mass is 9.96. The number of carbonyl (C=O) groups is 1. The number of nitrogens with one attached hydrogen (secondary N) is 1. The van der Waals surface area contributed by atoms with Crippen molar-refractivity contribution in [2.45, 2.75) is 12.8 Å². The molecular formula is C22H22N2O3S. The summed E-state index contributed by atoms with van der Waals surface area (Å²) in [5, 5.41) is 6.11. The number of ether oxygens (including phenoxy) is 2. The molecule has 0 aliphatic carbocycles. The number of methoxy groups -OCH3 is 1. The summed E-state index contributed by atoms with van der Waals surface area (Å²) in [5.41, 5.74) is 3.11. The van der Waals surface area contributed by atoms with Gasteiger partial charge in [0.25, 0.3) is 0 Å². The first-order chi connectivity index (χ1) is 13.7. The number of fused-ring (bicyclic) bond motifs is 1. The average Bonchev–Trinajstić information content (AvgIpc) is 3.22. The zero-order valence-corrected chi connectivity index (χ0v) is 16.5. The van der Waals surface area contributed by atoms with Gasteiger partial charge < -0.3 is 14.8 Å². The molecule has 6 heteroatoms. The number of rotatable bonds is 6. The normalized spacial score (nSPS) is 15.4. The summed E-state index contributed by atoms with van der Waals surface area (Å²) in [5.74, 6) is 1.45. The van der Waals surface area contributed by atoms with Gasteiger partial charge in [-0.25, -0.2) is 4.98 Å². The second-order valence-electron chi connectivity index (χ2n) is 6.72. The lowest BCUT2D eigenvalue weighted by molar-refractivity contribution is -0.126. The second-order valence-corrected chi connectivity index (χ2v) is 7.66. The molecule has 0 unspecified atom stereocenters. The van der Waals surface area contributed by atoms with Crippen molar-refractivity contribution in [3.05, 3.63) is 64.5 Å². The van der Waals surface area contributed by atoms with Crippen molar-refractivity contribution in [3.8, 4) is 22.8 Å². The molecule has 3 aromatic rings. The second kappa shape index (κ2) is 8.44. The summed E-state index contributed by atoms with van der Waals surface area (Å²) in [6, 6.07) is 15.8. The van der Waals surface area contributed by atoms with Gasteiger partial charge in [-0.15, -0.1) is 11.3 Å². The largest absolute Gasteiger partial charge is 0.497 e. The molecule has 28 heavy (non-hydrogen) atoms. The summed E-state index contributed by atoms with van der Waals surface area (Å²) in [6.07, 6.45) is 1.38. The van der Waals surface area contributed by atoms with Crippen LogP contribution in [0.25, 0.3) is 11.3 Å². The molecule has 2 aromatic carbocycles. The van der Waals surface area contributed by atoms with Crippen LogP contribution >= 0.6 is 11.3 Å². The van der Waals surface area contributed by atoms with E-state index in [0.717, 1.165) is 39.7 Å². The molecule has 144 valence electrons. The molecule has 0 saturated carbocycles. The van der Waals surface area contributed by atoms with Crippen LogP contribution < -0.4 is 14.8 Å². The Labute approximate surface area is 168 Å². The number of benzene rings is 2. The van der Waals surface area contributed by atoms with Gasteiger partial charge in [0.05, 0.1) is 23.7 Å². The van der Waals surface area contributed by atoms with E-state index in [-0.39, 0.29) is 11.8 Å². The van der Waals surface area contributed by atoms with Gasteiger partial charge in [0, 0.05) is 23.9 Å². The fourth-order valence-corrected chi connectivity index (χ4v) is 4.08. The highest BCUT2D eigenvalue weighted by molar-refractivity contribution is 7.09. The summed E-state index contributed by atoms with van der Waals surface area (Å²) in [7, 11) is 1.64. The average molecular weight is 394 g/mol. The Kier molecular flexibility index (Phi) is 5.58. The Hall–Kier alpha value is -2.86. The van der Waals surface area contributed by atoms with Crippen molar-refractivity contribution in [1.29, 1.82) is 0 Å². The Bertz CT molecular complexity index is 955. The van der Waals surface area contributed by atoms with Crippen LogP contribution in [0, 0.1) is 5.92 Å². The van der Waals surface area contributed by atoms with Crippen LogP contribution in [0.1, 0.15) is 10.6 Å². The van der Waals surface area contributed by atoms with E-state index in [1.807, 2.05) is 36.4 Å². The minimum absolute atomic E-state index is 0.0216. The van der Waals surface area contributed by atoms with Gasteiger partial charge in [0.1, 0.15) is 18.1 Å². The zero-order valence-electron chi connectivity index (χ0n) is 15.7. The number of thiazole rings is 1. The molecule has 2 heterocycles. The smallest absolute Gasteiger partial charge is 0.226 e. The fraction of sp³-hybridized carbons (Fsp3) is 0.273. The number of carbonyl (C=O) groups excluding carboxylic acids is 1. The highest BCUT2D eigenvalue weighted by Crippen LogP contribution is 2.30. The maximum absolute atomic E-state index is 12.5. The molecule has 1 amide bonds. The first kappa shape index (κ1) is 18.5. The van der Waals surface area contributed by atoms with Gasteiger partial charge in [-0.1, -0.05) is 30.3 Å². The Morgan fingerprint density at radius 1 is 1.29 bits per heavy atom. The number of nitrogens with zero attached hydrogens (tertiary/aromatic N) is 1. The molecule has 1 aliphatic rings.